The molecule has 0 aliphatic heterocycles. The van der Waals surface area contributed by atoms with Gasteiger partial charge in [0.2, 0.25) is 0 Å². The van der Waals surface area contributed by atoms with E-state index in [1.54, 1.807) is 25.4 Å². The number of benzene rings is 1. The fourth-order valence-corrected chi connectivity index (χ4v) is 1.43. The van der Waals surface area contributed by atoms with E-state index in [1.165, 1.54) is 0 Å². The molecule has 0 fully saturated rings. The lowest BCUT2D eigenvalue weighted by molar-refractivity contribution is 0.102. The lowest BCUT2D eigenvalue weighted by Crippen LogP contribution is -2.12. The van der Waals surface area contributed by atoms with Crippen molar-refractivity contribution in [3.8, 4) is 0 Å². The van der Waals surface area contributed by atoms with E-state index in [4.69, 9.17) is 0 Å². The van der Waals surface area contributed by atoms with Gasteiger partial charge >= 0.3 is 0 Å². The molecule has 86 valence electrons. The summed E-state index contributed by atoms with van der Waals surface area (Å²) in [6, 6.07) is 12.7. The monoisotopic (exact) mass is 227 g/mol. The number of carbonyl (C=O) groups is 1. The van der Waals surface area contributed by atoms with Crippen molar-refractivity contribution in [2.45, 2.75) is 0 Å². The fraction of sp³-hybridized carbons (Fsp3) is 0.0769. The summed E-state index contributed by atoms with van der Waals surface area (Å²) in [5.74, 6) is 0.529. The fourth-order valence-electron chi connectivity index (χ4n) is 1.43. The standard InChI is InChI=1S/C13H13N3O/c1-14-12-9-10(7-8-15-12)13(17)16-11-5-3-2-4-6-11/h2-9H,1H3,(H,14,15)(H,16,17). The normalized spacial score (nSPS) is 9.71. The first-order valence-corrected chi connectivity index (χ1v) is 5.30. The number of hydrogen-bond donors (Lipinski definition) is 2. The Hall–Kier alpha value is -2.36. The molecular weight excluding hydrogens is 214 g/mol. The van der Waals surface area contributed by atoms with E-state index in [0.29, 0.717) is 11.4 Å². The summed E-state index contributed by atoms with van der Waals surface area (Å²) < 4.78 is 0. The van der Waals surface area contributed by atoms with E-state index in [1.807, 2.05) is 30.3 Å². The van der Waals surface area contributed by atoms with Crippen LogP contribution >= 0.6 is 0 Å². The number of aromatic nitrogens is 1. The second kappa shape index (κ2) is 5.12. The number of carbonyl (C=O) groups excluding carboxylic acids is 1. The summed E-state index contributed by atoms with van der Waals surface area (Å²) in [7, 11) is 1.77. The van der Waals surface area contributed by atoms with Crippen molar-refractivity contribution in [3.05, 3.63) is 54.2 Å². The molecule has 4 heteroatoms. The third kappa shape index (κ3) is 2.81. The van der Waals surface area contributed by atoms with E-state index in [9.17, 15) is 4.79 Å². The van der Waals surface area contributed by atoms with Crippen LogP contribution < -0.4 is 10.6 Å². The molecule has 2 N–H and O–H groups in total. The minimum Gasteiger partial charge on any atom is -0.373 e. The largest absolute Gasteiger partial charge is 0.373 e. The van der Waals surface area contributed by atoms with Gasteiger partial charge in [0.25, 0.3) is 5.91 Å². The smallest absolute Gasteiger partial charge is 0.255 e. The molecule has 4 nitrogen and oxygen atoms in total. The summed E-state index contributed by atoms with van der Waals surface area (Å²) in [6.45, 7) is 0. The minimum absolute atomic E-state index is 0.143. The Morgan fingerprint density at radius 2 is 1.94 bits per heavy atom. The molecule has 0 aliphatic rings. The maximum absolute atomic E-state index is 11.9. The van der Waals surface area contributed by atoms with Gasteiger partial charge in [-0.2, -0.15) is 0 Å². The van der Waals surface area contributed by atoms with E-state index in [2.05, 4.69) is 15.6 Å². The highest BCUT2D eigenvalue weighted by molar-refractivity contribution is 6.04. The number of rotatable bonds is 3. The molecule has 0 aliphatic carbocycles. The Morgan fingerprint density at radius 1 is 1.18 bits per heavy atom. The van der Waals surface area contributed by atoms with Crippen molar-refractivity contribution in [1.82, 2.24) is 4.98 Å². The number of nitrogens with zero attached hydrogens (tertiary/aromatic N) is 1. The zero-order valence-electron chi connectivity index (χ0n) is 9.47. The number of para-hydroxylation sites is 1. The minimum atomic E-state index is -0.143. The van der Waals surface area contributed by atoms with Gasteiger partial charge in [-0.1, -0.05) is 18.2 Å². The van der Waals surface area contributed by atoms with Gasteiger partial charge in [0.05, 0.1) is 0 Å². The van der Waals surface area contributed by atoms with Gasteiger partial charge in [-0.15, -0.1) is 0 Å². The Kier molecular flexibility index (Phi) is 3.35. The molecule has 0 radical (unpaired) electrons. The average molecular weight is 227 g/mol. The molecule has 0 saturated carbocycles. The van der Waals surface area contributed by atoms with Crippen LogP contribution in [0.4, 0.5) is 11.5 Å². The molecule has 0 saturated heterocycles. The SMILES string of the molecule is CNc1cc(C(=O)Nc2ccccc2)ccn1. The second-order valence-electron chi connectivity index (χ2n) is 3.50. The molecule has 1 aromatic carbocycles. The van der Waals surface area contributed by atoms with Gasteiger partial charge in [-0.25, -0.2) is 4.98 Å². The van der Waals surface area contributed by atoms with Gasteiger partial charge in [0.15, 0.2) is 0 Å². The molecule has 17 heavy (non-hydrogen) atoms. The topological polar surface area (TPSA) is 54.0 Å². The summed E-state index contributed by atoms with van der Waals surface area (Å²) in [6.07, 6.45) is 1.60. The van der Waals surface area contributed by atoms with Crippen LogP contribution in [0, 0.1) is 0 Å². The molecule has 0 atom stereocenters. The number of anilines is 2. The van der Waals surface area contributed by atoms with Crippen molar-refractivity contribution < 1.29 is 4.79 Å². The van der Waals surface area contributed by atoms with Crippen LogP contribution in [0.2, 0.25) is 0 Å². The molecule has 2 rings (SSSR count). The van der Waals surface area contributed by atoms with Crippen molar-refractivity contribution >= 4 is 17.4 Å². The second-order valence-corrected chi connectivity index (χ2v) is 3.50. The van der Waals surface area contributed by atoms with Crippen LogP contribution in [0.25, 0.3) is 0 Å². The molecule has 0 spiro atoms. The Morgan fingerprint density at radius 3 is 2.65 bits per heavy atom. The molecule has 0 bridgehead atoms. The summed E-state index contributed by atoms with van der Waals surface area (Å²) in [5, 5.41) is 5.71. The molecule has 2 aromatic rings. The van der Waals surface area contributed by atoms with Crippen LogP contribution in [0.3, 0.4) is 0 Å². The summed E-state index contributed by atoms with van der Waals surface area (Å²) >= 11 is 0. The maximum atomic E-state index is 11.9. The predicted molar refractivity (Wildman–Crippen MR) is 68.2 cm³/mol. The maximum Gasteiger partial charge on any atom is 0.255 e. The van der Waals surface area contributed by atoms with Crippen LogP contribution in [0.15, 0.2) is 48.7 Å². The lowest BCUT2D eigenvalue weighted by atomic mass is 10.2. The Labute approximate surface area is 99.7 Å². The lowest BCUT2D eigenvalue weighted by Gasteiger charge is -2.06. The predicted octanol–water partition coefficient (Wildman–Crippen LogP) is 2.38. The highest BCUT2D eigenvalue weighted by Crippen LogP contribution is 2.10. The van der Waals surface area contributed by atoms with Gasteiger partial charge in [0.1, 0.15) is 5.82 Å². The Balaban J connectivity index is 2.14. The van der Waals surface area contributed by atoms with Crippen molar-refractivity contribution in [2.24, 2.45) is 0 Å². The summed E-state index contributed by atoms with van der Waals surface area (Å²) in [4.78, 5) is 16.0. The van der Waals surface area contributed by atoms with Crippen LogP contribution in [-0.2, 0) is 0 Å². The highest BCUT2D eigenvalue weighted by Gasteiger charge is 2.06. The quantitative estimate of drug-likeness (QED) is 0.846. The van der Waals surface area contributed by atoms with Crippen LogP contribution in [-0.4, -0.2) is 17.9 Å². The average Bonchev–Trinajstić information content (AvgIpc) is 2.40. The molecule has 1 aromatic heterocycles. The Bertz CT molecular complexity index is 511. The summed E-state index contributed by atoms with van der Waals surface area (Å²) in [5.41, 5.74) is 1.36. The van der Waals surface area contributed by atoms with Gasteiger partial charge in [-0.05, 0) is 24.3 Å². The van der Waals surface area contributed by atoms with Gasteiger partial charge < -0.3 is 10.6 Å². The first kappa shape index (κ1) is 11.1. The number of hydrogen-bond acceptors (Lipinski definition) is 3. The first-order valence-electron chi connectivity index (χ1n) is 5.30. The molecule has 0 unspecified atom stereocenters. The third-order valence-corrected chi connectivity index (χ3v) is 2.31. The zero-order valence-corrected chi connectivity index (χ0v) is 9.47. The van der Waals surface area contributed by atoms with Crippen LogP contribution in [0.5, 0.6) is 0 Å². The first-order chi connectivity index (χ1) is 8.29. The van der Waals surface area contributed by atoms with E-state index < -0.39 is 0 Å². The van der Waals surface area contributed by atoms with Gasteiger partial charge in [-0.3, -0.25) is 4.79 Å². The third-order valence-electron chi connectivity index (χ3n) is 2.31. The number of pyridine rings is 1. The molecule has 1 amide bonds. The van der Waals surface area contributed by atoms with Crippen molar-refractivity contribution in [1.29, 1.82) is 0 Å². The van der Waals surface area contributed by atoms with E-state index >= 15 is 0 Å². The number of nitrogens with one attached hydrogen (secondary N) is 2. The van der Waals surface area contributed by atoms with Crippen molar-refractivity contribution in [2.75, 3.05) is 17.7 Å². The molecule has 1 heterocycles. The van der Waals surface area contributed by atoms with E-state index in [0.717, 1.165) is 5.69 Å². The van der Waals surface area contributed by atoms with Gasteiger partial charge in [0, 0.05) is 24.5 Å². The molecular formula is C13H13N3O. The number of amides is 1. The highest BCUT2D eigenvalue weighted by atomic mass is 16.1. The van der Waals surface area contributed by atoms with E-state index in [-0.39, 0.29) is 5.91 Å². The van der Waals surface area contributed by atoms with Crippen LogP contribution in [0.1, 0.15) is 10.4 Å². The van der Waals surface area contributed by atoms with Crippen molar-refractivity contribution in [3.63, 3.8) is 0 Å². The zero-order chi connectivity index (χ0) is 12.1.